The molecule has 0 amide bonds. The van der Waals surface area contributed by atoms with Crippen molar-refractivity contribution in [1.82, 2.24) is 9.88 Å². The number of phenols is 1. The van der Waals surface area contributed by atoms with Gasteiger partial charge in [-0.1, -0.05) is 54.6 Å². The van der Waals surface area contributed by atoms with Crippen molar-refractivity contribution in [2.75, 3.05) is 13.1 Å². The highest BCUT2D eigenvalue weighted by Gasteiger charge is 2.48. The number of likely N-dealkylation sites (tertiary alicyclic amines) is 1. The Balaban J connectivity index is 1.42. The fourth-order valence-electron chi connectivity index (χ4n) is 6.41. The Kier molecular flexibility index (Phi) is 4.62. The number of nitrogens with one attached hydrogen (secondary N) is 1. The number of hydrogen-bond donors (Lipinski definition) is 2. The van der Waals surface area contributed by atoms with Crippen molar-refractivity contribution >= 4 is 10.9 Å². The molecule has 2 heterocycles. The highest BCUT2D eigenvalue weighted by Crippen LogP contribution is 2.50. The summed E-state index contributed by atoms with van der Waals surface area (Å²) in [7, 11) is 0. The molecule has 3 nitrogen and oxygen atoms in total. The third-order valence-electron chi connectivity index (χ3n) is 7.97. The molecule has 32 heavy (non-hydrogen) atoms. The lowest BCUT2D eigenvalue weighted by Crippen LogP contribution is -2.53. The molecule has 3 aromatic carbocycles. The molecule has 3 heteroatoms. The van der Waals surface area contributed by atoms with E-state index in [-0.39, 0.29) is 5.41 Å². The molecule has 1 fully saturated rings. The molecule has 1 aromatic heterocycles. The predicted octanol–water partition coefficient (Wildman–Crippen LogP) is 5.74. The molecule has 0 spiro atoms. The lowest BCUT2D eigenvalue weighted by molar-refractivity contribution is 0.0765. The van der Waals surface area contributed by atoms with E-state index in [1.54, 1.807) is 6.07 Å². The molecule has 1 aliphatic heterocycles. The number of benzene rings is 3. The molecule has 4 aromatic rings. The number of phenolic OH excluding ortho intramolecular Hbond substituents is 1. The number of piperidine rings is 1. The Labute approximate surface area is 189 Å². The maximum Gasteiger partial charge on any atom is 0.115 e. The summed E-state index contributed by atoms with van der Waals surface area (Å²) >= 11 is 0. The maximum absolute atomic E-state index is 10.3. The van der Waals surface area contributed by atoms with Gasteiger partial charge in [0, 0.05) is 35.1 Å². The molecule has 0 radical (unpaired) electrons. The summed E-state index contributed by atoms with van der Waals surface area (Å²) in [4.78, 5) is 6.41. The van der Waals surface area contributed by atoms with Gasteiger partial charge in [0.25, 0.3) is 0 Å². The van der Waals surface area contributed by atoms with Gasteiger partial charge in [0.2, 0.25) is 0 Å². The van der Waals surface area contributed by atoms with Crippen molar-refractivity contribution in [3.05, 3.63) is 101 Å². The topological polar surface area (TPSA) is 39.3 Å². The molecule has 0 saturated carbocycles. The van der Waals surface area contributed by atoms with Gasteiger partial charge in [-0.25, -0.2) is 0 Å². The van der Waals surface area contributed by atoms with Gasteiger partial charge in [0.15, 0.2) is 0 Å². The van der Waals surface area contributed by atoms with Crippen molar-refractivity contribution in [1.29, 1.82) is 0 Å². The van der Waals surface area contributed by atoms with Gasteiger partial charge in [0.05, 0.1) is 0 Å². The molecule has 2 unspecified atom stereocenters. The number of aromatic nitrogens is 1. The number of fused-ring (bicyclic) bond motifs is 4. The van der Waals surface area contributed by atoms with E-state index in [1.165, 1.54) is 38.9 Å². The van der Waals surface area contributed by atoms with Crippen LogP contribution in [-0.2, 0) is 24.8 Å². The van der Waals surface area contributed by atoms with Crippen molar-refractivity contribution in [3.63, 3.8) is 0 Å². The third-order valence-corrected chi connectivity index (χ3v) is 7.97. The average Bonchev–Trinajstić information content (AvgIpc) is 3.16. The second-order valence-electron chi connectivity index (χ2n) is 9.83. The van der Waals surface area contributed by atoms with Crippen LogP contribution in [0.25, 0.3) is 10.9 Å². The van der Waals surface area contributed by atoms with Crippen LogP contribution in [0.2, 0.25) is 0 Å². The maximum atomic E-state index is 10.3. The van der Waals surface area contributed by atoms with E-state index >= 15 is 0 Å². The van der Waals surface area contributed by atoms with Crippen LogP contribution in [0.15, 0.2) is 72.8 Å². The van der Waals surface area contributed by atoms with Gasteiger partial charge in [-0.15, -0.1) is 0 Å². The Hall–Kier alpha value is -3.04. The molecule has 2 atom stereocenters. The zero-order valence-corrected chi connectivity index (χ0v) is 18.6. The lowest BCUT2D eigenvalue weighted by atomic mass is 9.58. The van der Waals surface area contributed by atoms with Crippen molar-refractivity contribution in [2.24, 2.45) is 5.92 Å². The third kappa shape index (κ3) is 3.15. The van der Waals surface area contributed by atoms with Gasteiger partial charge >= 0.3 is 0 Å². The quantitative estimate of drug-likeness (QED) is 0.442. The number of aryl methyl sites for hydroxylation is 1. The minimum atomic E-state index is 0.0632. The predicted molar refractivity (Wildman–Crippen MR) is 130 cm³/mol. The van der Waals surface area contributed by atoms with E-state index in [9.17, 15) is 5.11 Å². The van der Waals surface area contributed by atoms with Crippen LogP contribution in [0.3, 0.4) is 0 Å². The SMILES string of the molecule is Cc1cccc2[nH]c3c(c12)CC1CN(Cc2ccccc2)CCC1(c1cccc(O)c1)C3. The monoisotopic (exact) mass is 422 g/mol. The minimum absolute atomic E-state index is 0.0632. The number of hydrogen-bond acceptors (Lipinski definition) is 2. The molecule has 6 rings (SSSR count). The summed E-state index contributed by atoms with van der Waals surface area (Å²) < 4.78 is 0. The molecule has 0 bridgehead atoms. The lowest BCUT2D eigenvalue weighted by Gasteiger charge is -2.51. The summed E-state index contributed by atoms with van der Waals surface area (Å²) in [5.41, 5.74) is 8.28. The summed E-state index contributed by atoms with van der Waals surface area (Å²) in [6.07, 6.45) is 3.21. The van der Waals surface area contributed by atoms with Gasteiger partial charge in [-0.05, 0) is 79.1 Å². The Morgan fingerprint density at radius 1 is 1.03 bits per heavy atom. The van der Waals surface area contributed by atoms with Crippen LogP contribution in [0.5, 0.6) is 5.75 Å². The molecule has 162 valence electrons. The summed E-state index contributed by atoms with van der Waals surface area (Å²) in [6, 6.07) is 25.5. The standard InChI is InChI=1S/C29H30N2O/c1-20-7-5-12-26-28(20)25-16-23-19-31(18-21-8-3-2-4-9-21)14-13-29(23,17-27(25)30-26)22-10-6-11-24(32)15-22/h2-12,15,23,30,32H,13-14,16-19H2,1H3. The number of aromatic amines is 1. The number of rotatable bonds is 3. The molecular weight excluding hydrogens is 392 g/mol. The largest absolute Gasteiger partial charge is 0.508 e. The fourth-order valence-corrected chi connectivity index (χ4v) is 6.41. The first kappa shape index (κ1) is 19.6. The normalized spacial score (nSPS) is 23.1. The van der Waals surface area contributed by atoms with E-state index in [1.807, 2.05) is 12.1 Å². The van der Waals surface area contributed by atoms with Gasteiger partial charge in [0.1, 0.15) is 5.75 Å². The zero-order valence-electron chi connectivity index (χ0n) is 18.6. The van der Waals surface area contributed by atoms with Gasteiger partial charge < -0.3 is 10.1 Å². The second kappa shape index (κ2) is 7.53. The van der Waals surface area contributed by atoms with Crippen LogP contribution < -0.4 is 0 Å². The average molecular weight is 423 g/mol. The van der Waals surface area contributed by atoms with Crippen molar-refractivity contribution < 1.29 is 5.11 Å². The Morgan fingerprint density at radius 2 is 1.88 bits per heavy atom. The van der Waals surface area contributed by atoms with Gasteiger partial charge in [-0.2, -0.15) is 0 Å². The van der Waals surface area contributed by atoms with Crippen LogP contribution in [-0.4, -0.2) is 28.1 Å². The van der Waals surface area contributed by atoms with E-state index in [0.29, 0.717) is 11.7 Å². The van der Waals surface area contributed by atoms with Crippen molar-refractivity contribution in [3.8, 4) is 5.75 Å². The molecule has 2 N–H and O–H groups in total. The molecule has 2 aliphatic rings. The summed E-state index contributed by atoms with van der Waals surface area (Å²) in [5.74, 6) is 0.897. The highest BCUT2D eigenvalue weighted by molar-refractivity contribution is 5.88. The fraction of sp³-hybridized carbons (Fsp3) is 0.310. The van der Waals surface area contributed by atoms with Crippen molar-refractivity contribution in [2.45, 2.75) is 38.1 Å². The molecule has 1 saturated heterocycles. The summed E-state index contributed by atoms with van der Waals surface area (Å²) in [6.45, 7) is 5.40. The second-order valence-corrected chi connectivity index (χ2v) is 9.83. The molecular formula is C29H30N2O. The first-order valence-corrected chi connectivity index (χ1v) is 11.8. The van der Waals surface area contributed by atoms with E-state index in [0.717, 1.165) is 38.9 Å². The highest BCUT2D eigenvalue weighted by atomic mass is 16.3. The van der Waals surface area contributed by atoms with Crippen LogP contribution in [0.1, 0.15) is 34.4 Å². The number of H-pyrrole nitrogens is 1. The summed E-state index contributed by atoms with van der Waals surface area (Å²) in [5, 5.41) is 11.7. The van der Waals surface area contributed by atoms with Crippen LogP contribution >= 0.6 is 0 Å². The van der Waals surface area contributed by atoms with Crippen LogP contribution in [0.4, 0.5) is 0 Å². The Bertz CT molecular complexity index is 1280. The van der Waals surface area contributed by atoms with E-state index < -0.39 is 0 Å². The van der Waals surface area contributed by atoms with E-state index in [2.05, 4.69) is 71.4 Å². The molecule has 1 aliphatic carbocycles. The zero-order chi connectivity index (χ0) is 21.7. The van der Waals surface area contributed by atoms with Gasteiger partial charge in [-0.3, -0.25) is 4.90 Å². The smallest absolute Gasteiger partial charge is 0.115 e. The van der Waals surface area contributed by atoms with Crippen LogP contribution in [0, 0.1) is 12.8 Å². The number of aromatic hydroxyl groups is 1. The Morgan fingerprint density at radius 3 is 2.72 bits per heavy atom. The minimum Gasteiger partial charge on any atom is -0.508 e. The first-order chi connectivity index (χ1) is 15.6. The number of nitrogens with zero attached hydrogens (tertiary/aromatic N) is 1. The van der Waals surface area contributed by atoms with E-state index in [4.69, 9.17) is 0 Å². The first-order valence-electron chi connectivity index (χ1n) is 11.8.